The first-order chi connectivity index (χ1) is 37.6. The molecule has 0 spiro atoms. The maximum atomic E-state index is 13.2. The number of allylic oxidation sites excluding steroid dienone is 2. The van der Waals surface area contributed by atoms with Crippen molar-refractivity contribution in [3.8, 4) is 0 Å². The lowest BCUT2D eigenvalue weighted by Gasteiger charge is -2.40. The predicted octanol–water partition coefficient (Wildman–Crippen LogP) is 17.2. The fourth-order valence-electron chi connectivity index (χ4n) is 10.3. The molecule has 1 aliphatic heterocycles. The van der Waals surface area contributed by atoms with Crippen molar-refractivity contribution in [3.63, 3.8) is 0 Å². The Morgan fingerprint density at radius 2 is 0.740 bits per heavy atom. The zero-order valence-electron chi connectivity index (χ0n) is 50.0. The van der Waals surface area contributed by atoms with Crippen LogP contribution in [0.25, 0.3) is 0 Å². The number of carbonyl (C=O) groups is 4. The van der Waals surface area contributed by atoms with Gasteiger partial charge in [-0.25, -0.2) is 4.79 Å². The zero-order chi connectivity index (χ0) is 56.1. The lowest BCUT2D eigenvalue weighted by molar-refractivity contribution is -0.301. The highest BCUT2D eigenvalue weighted by Gasteiger charge is 2.50. The Hall–Kier alpha value is -2.54. The number of rotatable bonds is 57. The average Bonchev–Trinajstić information content (AvgIpc) is 3.42. The summed E-state index contributed by atoms with van der Waals surface area (Å²) in [6, 6.07) is 0. The van der Waals surface area contributed by atoms with Gasteiger partial charge in [0.25, 0.3) is 0 Å². The van der Waals surface area contributed by atoms with E-state index in [-0.39, 0.29) is 25.9 Å². The van der Waals surface area contributed by atoms with E-state index in [1.54, 1.807) is 0 Å². The third-order valence-electron chi connectivity index (χ3n) is 15.3. The summed E-state index contributed by atoms with van der Waals surface area (Å²) in [5, 5.41) is 31.5. The van der Waals surface area contributed by atoms with Crippen LogP contribution in [0.5, 0.6) is 0 Å². The van der Waals surface area contributed by atoms with E-state index in [0.29, 0.717) is 19.3 Å². The summed E-state index contributed by atoms with van der Waals surface area (Å²) in [7, 11) is 0. The Kier molecular flexibility index (Phi) is 50.9. The van der Waals surface area contributed by atoms with Crippen LogP contribution in [0.3, 0.4) is 0 Å². The van der Waals surface area contributed by atoms with Crippen LogP contribution in [-0.2, 0) is 42.9 Å². The van der Waals surface area contributed by atoms with E-state index >= 15 is 0 Å². The van der Waals surface area contributed by atoms with Gasteiger partial charge in [0.2, 0.25) is 0 Å². The molecule has 1 fully saturated rings. The van der Waals surface area contributed by atoms with Crippen molar-refractivity contribution < 1.29 is 58.2 Å². The number of aliphatic hydroxyl groups excluding tert-OH is 2. The van der Waals surface area contributed by atoms with Gasteiger partial charge in [0.1, 0.15) is 18.8 Å². The summed E-state index contributed by atoms with van der Waals surface area (Å²) in [4.78, 5) is 51.2. The van der Waals surface area contributed by atoms with Crippen molar-refractivity contribution in [2.75, 3.05) is 13.2 Å². The number of hydrogen-bond donors (Lipinski definition) is 3. The molecule has 6 atom stereocenters. The van der Waals surface area contributed by atoms with Crippen LogP contribution < -0.4 is 0 Å². The number of carboxylic acid groups (broad SMARTS) is 1. The van der Waals surface area contributed by atoms with Crippen LogP contribution in [0.2, 0.25) is 0 Å². The van der Waals surface area contributed by atoms with Gasteiger partial charge in [-0.1, -0.05) is 277 Å². The minimum Gasteiger partial charge on any atom is -0.479 e. The molecule has 77 heavy (non-hydrogen) atoms. The van der Waals surface area contributed by atoms with Crippen LogP contribution in [0.4, 0.5) is 0 Å². The summed E-state index contributed by atoms with van der Waals surface area (Å²) in [6.45, 7) is 6.01. The lowest BCUT2D eigenvalue weighted by Crippen LogP contribution is -2.61. The molecule has 0 aromatic heterocycles. The molecule has 0 aromatic carbocycles. The topological polar surface area (TPSA) is 175 Å². The van der Waals surface area contributed by atoms with Gasteiger partial charge in [-0.2, -0.15) is 0 Å². The minimum absolute atomic E-state index is 0.0670. The fourth-order valence-corrected chi connectivity index (χ4v) is 10.3. The summed E-state index contributed by atoms with van der Waals surface area (Å²) in [5.41, 5.74) is 0. The van der Waals surface area contributed by atoms with Gasteiger partial charge < -0.3 is 39.0 Å². The summed E-state index contributed by atoms with van der Waals surface area (Å²) in [6.07, 6.45) is 49.1. The van der Waals surface area contributed by atoms with Crippen molar-refractivity contribution >= 4 is 23.9 Å². The number of aliphatic hydroxyl groups is 2. The van der Waals surface area contributed by atoms with Gasteiger partial charge in [-0.3, -0.25) is 14.4 Å². The highest BCUT2D eigenvalue weighted by atomic mass is 16.7. The van der Waals surface area contributed by atoms with E-state index in [2.05, 4.69) is 32.9 Å². The van der Waals surface area contributed by atoms with Gasteiger partial charge in [-0.05, 0) is 44.9 Å². The summed E-state index contributed by atoms with van der Waals surface area (Å²) in [5.74, 6) is -3.08. The van der Waals surface area contributed by atoms with Crippen LogP contribution in [0.1, 0.15) is 329 Å². The standard InChI is InChI=1S/C65H120O12/c1-4-7-10-13-16-19-21-23-25-27-29-31-33-35-37-40-42-45-48-51-57(66)73-54-56(75-58(67)52-49-46-44-41-38-36-34-32-30-28-26-24-22-20-17-14-11-8-5-2)55-74-65-63(61(70)60(69)62(77-65)64(71)72)76-59(68)53-50-47-43-39-18-15-12-9-6-3/h23,25,56,60-63,65,69-70H,4-22,24,26-55H2,1-3H3,(H,71,72)/b25-23-. The third kappa shape index (κ3) is 43.9. The van der Waals surface area contributed by atoms with E-state index in [9.17, 15) is 34.5 Å². The van der Waals surface area contributed by atoms with E-state index in [4.69, 9.17) is 23.7 Å². The Labute approximate surface area is 471 Å². The number of carboxylic acids is 1. The van der Waals surface area contributed by atoms with E-state index < -0.39 is 67.3 Å². The molecule has 0 amide bonds. The first-order valence-corrected chi connectivity index (χ1v) is 32.7. The first-order valence-electron chi connectivity index (χ1n) is 32.7. The maximum Gasteiger partial charge on any atom is 0.335 e. The zero-order valence-corrected chi connectivity index (χ0v) is 50.0. The van der Waals surface area contributed by atoms with Gasteiger partial charge in [0, 0.05) is 19.3 Å². The molecule has 12 heteroatoms. The van der Waals surface area contributed by atoms with Gasteiger partial charge in [0.05, 0.1) is 6.61 Å². The van der Waals surface area contributed by atoms with Crippen LogP contribution in [0.15, 0.2) is 12.2 Å². The highest BCUT2D eigenvalue weighted by molar-refractivity contribution is 5.74. The van der Waals surface area contributed by atoms with Crippen LogP contribution >= 0.6 is 0 Å². The number of ether oxygens (including phenoxy) is 5. The Morgan fingerprint density at radius 1 is 0.416 bits per heavy atom. The minimum atomic E-state index is -1.89. The molecule has 12 nitrogen and oxygen atoms in total. The maximum absolute atomic E-state index is 13.2. The first kappa shape index (κ1) is 72.5. The smallest absolute Gasteiger partial charge is 0.335 e. The summed E-state index contributed by atoms with van der Waals surface area (Å²) < 4.78 is 28.5. The SMILES string of the molecule is CCCCCCCC/C=C\CCCCCCCCCCCC(=O)OCC(COC1OC(C(=O)O)C(O)C(O)C1OC(=O)CCCCCCCCCCC)OC(=O)CCCCCCCCCCCCCCCCCCCCC. The average molecular weight is 1090 g/mol. The second-order valence-corrected chi connectivity index (χ2v) is 22.8. The van der Waals surface area contributed by atoms with Crippen molar-refractivity contribution in [3.05, 3.63) is 12.2 Å². The quantitative estimate of drug-likeness (QED) is 0.0228. The molecule has 1 aliphatic rings. The van der Waals surface area contributed by atoms with Gasteiger partial charge >= 0.3 is 23.9 Å². The normalized spacial score (nSPS) is 18.0. The summed E-state index contributed by atoms with van der Waals surface area (Å²) >= 11 is 0. The molecular formula is C65H120O12. The Morgan fingerprint density at radius 3 is 1.10 bits per heavy atom. The third-order valence-corrected chi connectivity index (χ3v) is 15.3. The predicted molar refractivity (Wildman–Crippen MR) is 313 cm³/mol. The number of esters is 3. The molecule has 0 aromatic rings. The molecule has 1 saturated heterocycles. The second kappa shape index (κ2) is 54.1. The molecule has 1 rings (SSSR count). The number of aliphatic carboxylic acids is 1. The monoisotopic (exact) mass is 1090 g/mol. The molecule has 452 valence electrons. The molecule has 0 saturated carbocycles. The molecule has 0 bridgehead atoms. The molecule has 0 aliphatic carbocycles. The van der Waals surface area contributed by atoms with E-state index in [0.717, 1.165) is 64.2 Å². The van der Waals surface area contributed by atoms with Crippen molar-refractivity contribution in [1.29, 1.82) is 0 Å². The fraction of sp³-hybridized carbons (Fsp3) is 0.908. The molecule has 3 N–H and O–H groups in total. The molecule has 0 radical (unpaired) electrons. The molecule has 6 unspecified atom stereocenters. The van der Waals surface area contributed by atoms with Gasteiger partial charge in [0.15, 0.2) is 24.6 Å². The van der Waals surface area contributed by atoms with Crippen molar-refractivity contribution in [1.82, 2.24) is 0 Å². The van der Waals surface area contributed by atoms with Crippen molar-refractivity contribution in [2.24, 2.45) is 0 Å². The van der Waals surface area contributed by atoms with Crippen LogP contribution in [0, 0.1) is 0 Å². The second-order valence-electron chi connectivity index (χ2n) is 22.8. The highest BCUT2D eigenvalue weighted by Crippen LogP contribution is 2.27. The van der Waals surface area contributed by atoms with Crippen LogP contribution in [-0.4, -0.2) is 89.2 Å². The van der Waals surface area contributed by atoms with Gasteiger partial charge in [-0.15, -0.1) is 0 Å². The molecular weight excluding hydrogens is 973 g/mol. The van der Waals surface area contributed by atoms with E-state index in [1.165, 1.54) is 205 Å². The number of unbranched alkanes of at least 4 members (excludes halogenated alkanes) is 41. The lowest BCUT2D eigenvalue weighted by atomic mass is 9.98. The number of hydrogen-bond acceptors (Lipinski definition) is 11. The Bertz CT molecular complexity index is 1390. The largest absolute Gasteiger partial charge is 0.479 e. The molecule has 1 heterocycles. The Balaban J connectivity index is 2.59. The van der Waals surface area contributed by atoms with E-state index in [1.807, 2.05) is 0 Å². The van der Waals surface area contributed by atoms with Crippen molar-refractivity contribution in [2.45, 2.75) is 366 Å². The number of carbonyl (C=O) groups excluding carboxylic acids is 3.